The van der Waals surface area contributed by atoms with Crippen molar-refractivity contribution in [3.8, 4) is 16.9 Å². The Kier molecular flexibility index (Phi) is 9.40. The van der Waals surface area contributed by atoms with E-state index in [9.17, 15) is 36.3 Å². The van der Waals surface area contributed by atoms with Gasteiger partial charge in [0.1, 0.15) is 0 Å². The molecule has 0 aliphatic carbocycles. The summed E-state index contributed by atoms with van der Waals surface area (Å²) in [5.41, 5.74) is 0.496. The van der Waals surface area contributed by atoms with Crippen molar-refractivity contribution in [1.82, 2.24) is 14.5 Å². The second kappa shape index (κ2) is 11.4. The van der Waals surface area contributed by atoms with Crippen LogP contribution in [0.1, 0.15) is 44.9 Å². The molecule has 0 saturated carbocycles. The molecule has 3 rings (SSSR count). The number of amides is 1. The molecule has 0 spiro atoms. The van der Waals surface area contributed by atoms with Gasteiger partial charge in [-0.05, 0) is 47.7 Å². The second-order valence-corrected chi connectivity index (χ2v) is 10.7. The molecule has 1 aromatic heterocycles. The number of halogens is 3. The number of carboxylic acid groups (broad SMARTS) is 1. The first kappa shape index (κ1) is 30.6. The summed E-state index contributed by atoms with van der Waals surface area (Å²) in [7, 11) is -4.33. The van der Waals surface area contributed by atoms with E-state index in [2.05, 4.69) is 5.10 Å². The fourth-order valence-corrected chi connectivity index (χ4v) is 4.32. The number of benzene rings is 2. The van der Waals surface area contributed by atoms with E-state index < -0.39 is 46.6 Å². The predicted molar refractivity (Wildman–Crippen MR) is 122 cm³/mol. The van der Waals surface area contributed by atoms with Crippen molar-refractivity contribution in [1.29, 1.82) is 0 Å². The number of carboxylic acids is 1. The van der Waals surface area contributed by atoms with E-state index in [-0.39, 0.29) is 51.2 Å². The number of alkyl halides is 3. The standard InChI is InChI=1S/C24H24F3N3O5S.Na/c1-23(2,3)16-6-4-15(5-7-16)19-14-20(24(25,26)27)28-30(19)17-8-10-18(11-9-17)36(34,35)29-21(31)12-13-22(32)33;/h4-11,14H,12-13H2,1-3H3,(H,29,31)(H,32,33);/q;+1/p-1. The van der Waals surface area contributed by atoms with Crippen LogP contribution in [0.15, 0.2) is 59.5 Å². The van der Waals surface area contributed by atoms with Crippen molar-refractivity contribution in [2.75, 3.05) is 0 Å². The van der Waals surface area contributed by atoms with Crippen LogP contribution in [0, 0.1) is 0 Å². The third-order valence-corrected chi connectivity index (χ3v) is 6.63. The zero-order chi connectivity index (χ0) is 26.9. The molecule has 0 radical (unpaired) electrons. The molecule has 2 aromatic carbocycles. The summed E-state index contributed by atoms with van der Waals surface area (Å²) in [5, 5.41) is 14.1. The molecule has 13 heteroatoms. The van der Waals surface area contributed by atoms with Crippen LogP contribution in [0.5, 0.6) is 0 Å². The number of hydrogen-bond acceptors (Lipinski definition) is 6. The van der Waals surface area contributed by atoms with Gasteiger partial charge in [-0.25, -0.2) is 17.8 Å². The van der Waals surface area contributed by atoms with Crippen LogP contribution in [-0.4, -0.2) is 30.1 Å². The number of nitrogens with one attached hydrogen (secondary N) is 1. The molecule has 0 atom stereocenters. The largest absolute Gasteiger partial charge is 1.00 e. The van der Waals surface area contributed by atoms with Gasteiger partial charge in [-0.3, -0.25) is 4.79 Å². The van der Waals surface area contributed by atoms with E-state index in [0.29, 0.717) is 5.56 Å². The Morgan fingerprint density at radius 1 is 0.973 bits per heavy atom. The molecule has 3 aromatic rings. The number of carbonyl (C=O) groups is 2. The fraction of sp³-hybridized carbons (Fsp3) is 0.292. The SMILES string of the molecule is CC(C)(C)c1ccc(-c2cc(C(F)(F)F)nn2-c2ccc(S(=O)(=O)NC(=O)CCC(=O)[O-])cc2)cc1.[Na+]. The first-order valence-electron chi connectivity index (χ1n) is 10.7. The minimum atomic E-state index is -4.70. The number of hydrogen-bond donors (Lipinski definition) is 1. The maximum absolute atomic E-state index is 13.5. The third kappa shape index (κ3) is 7.67. The zero-order valence-corrected chi connectivity index (χ0v) is 23.4. The fourth-order valence-electron chi connectivity index (χ4n) is 3.30. The summed E-state index contributed by atoms with van der Waals surface area (Å²) in [6.45, 7) is 6.03. The van der Waals surface area contributed by atoms with Gasteiger partial charge in [0.05, 0.1) is 16.3 Å². The number of sulfonamides is 1. The molecule has 1 heterocycles. The Hall–Kier alpha value is -2.67. The molecular formula is C24H23F3N3NaO5S. The van der Waals surface area contributed by atoms with Crippen molar-refractivity contribution in [2.45, 2.75) is 50.1 Å². The quantitative estimate of drug-likeness (QED) is 0.424. The first-order chi connectivity index (χ1) is 16.6. The van der Waals surface area contributed by atoms with Crippen molar-refractivity contribution in [3.05, 3.63) is 65.9 Å². The van der Waals surface area contributed by atoms with Gasteiger partial charge in [0.15, 0.2) is 5.69 Å². The Morgan fingerprint density at radius 2 is 1.54 bits per heavy atom. The molecule has 1 amide bonds. The normalized spacial score (nSPS) is 12.1. The number of nitrogens with zero attached hydrogens (tertiary/aromatic N) is 2. The molecule has 1 N–H and O–H groups in total. The Labute approximate surface area is 234 Å². The van der Waals surface area contributed by atoms with Gasteiger partial charge in [-0.2, -0.15) is 18.3 Å². The van der Waals surface area contributed by atoms with Gasteiger partial charge in [0.2, 0.25) is 5.91 Å². The predicted octanol–water partition coefficient (Wildman–Crippen LogP) is 0.195. The first-order valence-corrected chi connectivity index (χ1v) is 12.2. The molecule has 0 bridgehead atoms. The van der Waals surface area contributed by atoms with E-state index in [1.165, 1.54) is 12.1 Å². The van der Waals surface area contributed by atoms with E-state index in [0.717, 1.165) is 28.4 Å². The van der Waals surface area contributed by atoms with Crippen molar-refractivity contribution < 1.29 is 65.8 Å². The zero-order valence-electron chi connectivity index (χ0n) is 20.6. The molecule has 192 valence electrons. The van der Waals surface area contributed by atoms with Crippen LogP contribution in [0.3, 0.4) is 0 Å². The van der Waals surface area contributed by atoms with Gasteiger partial charge >= 0.3 is 35.7 Å². The molecular weight excluding hydrogens is 522 g/mol. The number of carbonyl (C=O) groups excluding carboxylic acids is 2. The monoisotopic (exact) mass is 545 g/mol. The molecule has 37 heavy (non-hydrogen) atoms. The van der Waals surface area contributed by atoms with Crippen LogP contribution in [0.2, 0.25) is 0 Å². The second-order valence-electron chi connectivity index (χ2n) is 9.05. The Balaban J connectivity index is 0.00000481. The minimum absolute atomic E-state index is 0. The van der Waals surface area contributed by atoms with Crippen molar-refractivity contribution in [3.63, 3.8) is 0 Å². The summed E-state index contributed by atoms with van der Waals surface area (Å²) in [6, 6.07) is 12.6. The molecule has 0 unspecified atom stereocenters. The van der Waals surface area contributed by atoms with Crippen molar-refractivity contribution >= 4 is 21.9 Å². The van der Waals surface area contributed by atoms with Crippen LogP contribution in [0.4, 0.5) is 13.2 Å². The van der Waals surface area contributed by atoms with Crippen LogP contribution < -0.4 is 39.4 Å². The van der Waals surface area contributed by atoms with E-state index in [4.69, 9.17) is 0 Å². The van der Waals surface area contributed by atoms with Gasteiger partial charge in [-0.1, -0.05) is 45.0 Å². The topological polar surface area (TPSA) is 121 Å². The summed E-state index contributed by atoms with van der Waals surface area (Å²) in [6.07, 6.45) is -5.95. The van der Waals surface area contributed by atoms with Gasteiger partial charge in [0.25, 0.3) is 10.0 Å². The van der Waals surface area contributed by atoms with E-state index in [1.807, 2.05) is 32.9 Å². The van der Waals surface area contributed by atoms with E-state index in [1.54, 1.807) is 16.9 Å². The summed E-state index contributed by atoms with van der Waals surface area (Å²) < 4.78 is 68.0. The third-order valence-electron chi connectivity index (χ3n) is 5.24. The molecule has 0 aliphatic heterocycles. The minimum Gasteiger partial charge on any atom is -0.550 e. The van der Waals surface area contributed by atoms with Gasteiger partial charge < -0.3 is 9.90 Å². The van der Waals surface area contributed by atoms with Gasteiger partial charge in [-0.15, -0.1) is 0 Å². The van der Waals surface area contributed by atoms with Gasteiger partial charge in [0, 0.05) is 18.0 Å². The van der Waals surface area contributed by atoms with E-state index >= 15 is 0 Å². The van der Waals surface area contributed by atoms with Crippen molar-refractivity contribution in [2.24, 2.45) is 0 Å². The Morgan fingerprint density at radius 3 is 2.03 bits per heavy atom. The Bertz CT molecular complexity index is 1380. The number of rotatable bonds is 7. The number of aromatic nitrogens is 2. The molecule has 0 fully saturated rings. The molecule has 8 nitrogen and oxygen atoms in total. The molecule has 0 saturated heterocycles. The average Bonchev–Trinajstić information content (AvgIpc) is 3.23. The number of aliphatic carboxylic acids is 1. The average molecular weight is 546 g/mol. The summed E-state index contributed by atoms with van der Waals surface area (Å²) in [5.74, 6) is -2.54. The smallest absolute Gasteiger partial charge is 0.550 e. The van der Waals surface area contributed by atoms with Crippen LogP contribution >= 0.6 is 0 Å². The van der Waals surface area contributed by atoms with Crippen LogP contribution in [0.25, 0.3) is 16.9 Å². The summed E-state index contributed by atoms with van der Waals surface area (Å²) in [4.78, 5) is 21.8. The molecule has 0 aliphatic rings. The van der Waals surface area contributed by atoms with Crippen LogP contribution in [-0.2, 0) is 31.2 Å². The maximum atomic E-state index is 13.5. The summed E-state index contributed by atoms with van der Waals surface area (Å²) >= 11 is 0. The maximum Gasteiger partial charge on any atom is 1.00 e.